The lowest BCUT2D eigenvalue weighted by Gasteiger charge is -2.27. The molecule has 1 saturated carbocycles. The molecule has 1 aliphatic rings. The van der Waals surface area contributed by atoms with E-state index in [4.69, 9.17) is 4.74 Å². The maximum absolute atomic E-state index is 11.6. The fourth-order valence-electron chi connectivity index (χ4n) is 2.63. The molecule has 1 rings (SSSR count). The average molecular weight is 228 g/mol. The minimum atomic E-state index is -0.547. The van der Waals surface area contributed by atoms with Gasteiger partial charge in [-0.05, 0) is 18.8 Å². The lowest BCUT2D eigenvalue weighted by Crippen LogP contribution is -2.31. The molecule has 3 nitrogen and oxygen atoms in total. The molecule has 1 fully saturated rings. The maximum Gasteiger partial charge on any atom is 0.311 e. The van der Waals surface area contributed by atoms with Crippen LogP contribution in [0.25, 0.3) is 0 Å². The van der Waals surface area contributed by atoms with Crippen LogP contribution in [0, 0.1) is 11.8 Å². The van der Waals surface area contributed by atoms with Gasteiger partial charge in [0, 0.05) is 0 Å². The first-order valence-corrected chi connectivity index (χ1v) is 6.45. The zero-order valence-corrected chi connectivity index (χ0v) is 10.4. The van der Waals surface area contributed by atoms with Gasteiger partial charge in [-0.25, -0.2) is 0 Å². The Morgan fingerprint density at radius 2 is 2.00 bits per heavy atom. The topological polar surface area (TPSA) is 46.5 Å². The van der Waals surface area contributed by atoms with Crippen molar-refractivity contribution in [2.24, 2.45) is 11.8 Å². The zero-order valence-electron chi connectivity index (χ0n) is 10.4. The number of carbonyl (C=O) groups is 1. The van der Waals surface area contributed by atoms with E-state index in [-0.39, 0.29) is 11.9 Å². The molecular weight excluding hydrogens is 204 g/mol. The Labute approximate surface area is 98.2 Å². The van der Waals surface area contributed by atoms with Crippen LogP contribution in [0.1, 0.15) is 51.9 Å². The van der Waals surface area contributed by atoms with Gasteiger partial charge in [-0.2, -0.15) is 0 Å². The van der Waals surface area contributed by atoms with E-state index < -0.39 is 6.10 Å². The number of carbonyl (C=O) groups excluding carboxylic acids is 1. The van der Waals surface area contributed by atoms with Crippen LogP contribution in [0.5, 0.6) is 0 Å². The normalized spacial score (nSPS) is 21.4. The van der Waals surface area contributed by atoms with Gasteiger partial charge in [0.25, 0.3) is 0 Å². The predicted molar refractivity (Wildman–Crippen MR) is 63.0 cm³/mol. The van der Waals surface area contributed by atoms with Crippen molar-refractivity contribution >= 4 is 5.97 Å². The molecule has 0 aromatic heterocycles. The average Bonchev–Trinajstić information content (AvgIpc) is 2.35. The van der Waals surface area contributed by atoms with Crippen molar-refractivity contribution < 1.29 is 14.6 Å². The van der Waals surface area contributed by atoms with Gasteiger partial charge in [-0.15, -0.1) is 0 Å². The Morgan fingerprint density at radius 3 is 2.50 bits per heavy atom. The third-order valence-electron chi connectivity index (χ3n) is 3.70. The van der Waals surface area contributed by atoms with Crippen molar-refractivity contribution in [1.82, 2.24) is 0 Å². The lowest BCUT2D eigenvalue weighted by molar-refractivity contribution is -0.150. The zero-order chi connectivity index (χ0) is 12.0. The summed E-state index contributed by atoms with van der Waals surface area (Å²) in [6.07, 6.45) is 7.11. The molecule has 0 bridgehead atoms. The number of hydrogen-bond acceptors (Lipinski definition) is 3. The number of esters is 1. The van der Waals surface area contributed by atoms with Crippen LogP contribution >= 0.6 is 0 Å². The third kappa shape index (κ3) is 3.78. The smallest absolute Gasteiger partial charge is 0.311 e. The fraction of sp³-hybridized carbons (Fsp3) is 0.923. The van der Waals surface area contributed by atoms with Crippen molar-refractivity contribution in [2.75, 3.05) is 7.11 Å². The highest BCUT2D eigenvalue weighted by Gasteiger charge is 2.29. The Morgan fingerprint density at radius 1 is 1.38 bits per heavy atom. The summed E-state index contributed by atoms with van der Waals surface area (Å²) in [4.78, 5) is 11.6. The number of aliphatic hydroxyl groups excluding tert-OH is 1. The molecule has 16 heavy (non-hydrogen) atoms. The molecule has 0 amide bonds. The van der Waals surface area contributed by atoms with E-state index in [1.807, 2.05) is 6.92 Å². The summed E-state index contributed by atoms with van der Waals surface area (Å²) in [7, 11) is 1.40. The molecule has 0 spiro atoms. The molecule has 0 heterocycles. The third-order valence-corrected chi connectivity index (χ3v) is 3.70. The predicted octanol–water partition coefficient (Wildman–Crippen LogP) is 2.52. The number of rotatable bonds is 5. The second kappa shape index (κ2) is 6.89. The van der Waals surface area contributed by atoms with Crippen molar-refractivity contribution in [3.8, 4) is 0 Å². The summed E-state index contributed by atoms with van der Waals surface area (Å²) in [6, 6.07) is 0. The van der Waals surface area contributed by atoms with Crippen LogP contribution in [0.2, 0.25) is 0 Å². The first-order valence-electron chi connectivity index (χ1n) is 6.45. The highest BCUT2D eigenvalue weighted by atomic mass is 16.5. The molecule has 0 aromatic carbocycles. The van der Waals surface area contributed by atoms with Gasteiger partial charge in [-0.3, -0.25) is 4.79 Å². The van der Waals surface area contributed by atoms with E-state index in [0.29, 0.717) is 12.3 Å². The molecule has 0 aliphatic heterocycles. The van der Waals surface area contributed by atoms with E-state index in [9.17, 15) is 9.90 Å². The summed E-state index contributed by atoms with van der Waals surface area (Å²) < 4.78 is 4.78. The van der Waals surface area contributed by atoms with Gasteiger partial charge in [0.2, 0.25) is 0 Å². The SMILES string of the molecule is CC[C@H](O)[C@@H](CC1CCCCC1)C(=O)OC. The number of ether oxygens (including phenoxy) is 1. The number of aliphatic hydroxyl groups is 1. The second-order valence-corrected chi connectivity index (χ2v) is 4.84. The van der Waals surface area contributed by atoms with Gasteiger partial charge in [0.05, 0.1) is 19.1 Å². The van der Waals surface area contributed by atoms with E-state index in [1.54, 1.807) is 0 Å². The van der Waals surface area contributed by atoms with Crippen LogP contribution < -0.4 is 0 Å². The van der Waals surface area contributed by atoms with Gasteiger partial charge in [0.15, 0.2) is 0 Å². The van der Waals surface area contributed by atoms with E-state index >= 15 is 0 Å². The standard InChI is InChI=1S/C13H24O3/c1-3-12(14)11(13(15)16-2)9-10-7-5-4-6-8-10/h10-12,14H,3-9H2,1-2H3/t11-,12+/m1/s1. The number of methoxy groups -OCH3 is 1. The van der Waals surface area contributed by atoms with Crippen LogP contribution in [0.3, 0.4) is 0 Å². The molecular formula is C13H24O3. The highest BCUT2D eigenvalue weighted by molar-refractivity contribution is 5.72. The second-order valence-electron chi connectivity index (χ2n) is 4.84. The summed E-state index contributed by atoms with van der Waals surface area (Å²) in [5.74, 6) is 0.0251. The van der Waals surface area contributed by atoms with Crippen molar-refractivity contribution in [2.45, 2.75) is 58.0 Å². The van der Waals surface area contributed by atoms with Crippen LogP contribution in [-0.4, -0.2) is 24.3 Å². The lowest BCUT2D eigenvalue weighted by atomic mass is 9.81. The van der Waals surface area contributed by atoms with Crippen molar-refractivity contribution in [1.29, 1.82) is 0 Å². The van der Waals surface area contributed by atoms with Gasteiger partial charge >= 0.3 is 5.97 Å². The summed E-state index contributed by atoms with van der Waals surface area (Å²) in [5.41, 5.74) is 0. The Kier molecular flexibility index (Phi) is 5.81. The molecule has 2 atom stereocenters. The fourth-order valence-corrected chi connectivity index (χ4v) is 2.63. The largest absolute Gasteiger partial charge is 0.469 e. The van der Waals surface area contributed by atoms with Crippen LogP contribution in [0.4, 0.5) is 0 Å². The molecule has 0 aromatic rings. The quantitative estimate of drug-likeness (QED) is 0.735. The van der Waals surface area contributed by atoms with Gasteiger partial charge in [-0.1, -0.05) is 39.0 Å². The van der Waals surface area contributed by atoms with Crippen molar-refractivity contribution in [3.63, 3.8) is 0 Å². The highest BCUT2D eigenvalue weighted by Crippen LogP contribution is 2.31. The van der Waals surface area contributed by atoms with E-state index in [2.05, 4.69) is 0 Å². The van der Waals surface area contributed by atoms with Crippen LogP contribution in [0.15, 0.2) is 0 Å². The van der Waals surface area contributed by atoms with E-state index in [0.717, 1.165) is 6.42 Å². The van der Waals surface area contributed by atoms with Gasteiger partial charge in [0.1, 0.15) is 0 Å². The molecule has 0 unspecified atom stereocenters. The summed E-state index contributed by atoms with van der Waals surface area (Å²) in [5, 5.41) is 9.85. The first-order chi connectivity index (χ1) is 7.69. The molecule has 0 saturated heterocycles. The Hall–Kier alpha value is -0.570. The summed E-state index contributed by atoms with van der Waals surface area (Å²) >= 11 is 0. The van der Waals surface area contributed by atoms with E-state index in [1.165, 1.54) is 39.2 Å². The first kappa shape index (κ1) is 13.5. The molecule has 1 N–H and O–H groups in total. The molecule has 3 heteroatoms. The number of hydrogen-bond donors (Lipinski definition) is 1. The monoisotopic (exact) mass is 228 g/mol. The van der Waals surface area contributed by atoms with Crippen molar-refractivity contribution in [3.05, 3.63) is 0 Å². The molecule has 0 radical (unpaired) electrons. The minimum Gasteiger partial charge on any atom is -0.469 e. The summed E-state index contributed by atoms with van der Waals surface area (Å²) in [6.45, 7) is 1.90. The Bertz CT molecular complexity index is 209. The van der Waals surface area contributed by atoms with Crippen LogP contribution in [-0.2, 0) is 9.53 Å². The Balaban J connectivity index is 2.51. The minimum absolute atomic E-state index is 0.250. The molecule has 94 valence electrons. The van der Waals surface area contributed by atoms with Gasteiger partial charge < -0.3 is 9.84 Å². The molecule has 1 aliphatic carbocycles. The maximum atomic E-state index is 11.6.